The van der Waals surface area contributed by atoms with Crippen molar-refractivity contribution < 1.29 is 4.79 Å². The molecule has 4 aromatic rings. The zero-order valence-electron chi connectivity index (χ0n) is 17.2. The van der Waals surface area contributed by atoms with E-state index in [1.165, 1.54) is 6.07 Å². The number of hydrogen-bond acceptors (Lipinski definition) is 4. The predicted octanol–water partition coefficient (Wildman–Crippen LogP) is 3.47. The first-order valence-electron chi connectivity index (χ1n) is 10.2. The van der Waals surface area contributed by atoms with Gasteiger partial charge in [0.05, 0.1) is 16.6 Å². The molecular formula is C23H25N5O2. The van der Waals surface area contributed by atoms with Gasteiger partial charge in [0.2, 0.25) is 11.5 Å². The number of fused-ring (bicyclic) bond motifs is 2. The Kier molecular flexibility index (Phi) is 5.63. The minimum absolute atomic E-state index is 0.311. The molecular weight excluding hydrogens is 378 g/mol. The summed E-state index contributed by atoms with van der Waals surface area (Å²) in [6.07, 6.45) is 0. The Hall–Kier alpha value is -3.45. The molecule has 2 heterocycles. The number of nitrogens with zero attached hydrogens (tertiary/aromatic N) is 3. The van der Waals surface area contributed by atoms with Crippen LogP contribution < -0.4 is 10.9 Å². The highest BCUT2D eigenvalue weighted by Crippen LogP contribution is 2.21. The summed E-state index contributed by atoms with van der Waals surface area (Å²) in [5.74, 6) is 0.134. The summed E-state index contributed by atoms with van der Waals surface area (Å²) in [6, 6.07) is 16.4. The van der Waals surface area contributed by atoms with Crippen LogP contribution in [0.1, 0.15) is 24.2 Å². The number of aromatic nitrogens is 3. The molecule has 0 fully saturated rings. The molecule has 0 aliphatic carbocycles. The Bertz CT molecular complexity index is 1250. The monoisotopic (exact) mass is 403 g/mol. The summed E-state index contributed by atoms with van der Waals surface area (Å²) >= 11 is 0. The van der Waals surface area contributed by atoms with Crippen LogP contribution in [0.3, 0.4) is 0 Å². The summed E-state index contributed by atoms with van der Waals surface area (Å²) in [5, 5.41) is 3.63. The zero-order valence-corrected chi connectivity index (χ0v) is 17.2. The minimum atomic E-state index is -0.350. The molecule has 0 saturated heterocycles. The van der Waals surface area contributed by atoms with Crippen LogP contribution in [0, 0.1) is 0 Å². The van der Waals surface area contributed by atoms with Crippen LogP contribution in [-0.4, -0.2) is 45.0 Å². The number of carbonyl (C=O) groups excluding carboxylic acids is 1. The number of anilines is 1. The highest BCUT2D eigenvalue weighted by molar-refractivity contribution is 6.12. The fourth-order valence-corrected chi connectivity index (χ4v) is 3.74. The molecule has 0 aliphatic rings. The molecule has 7 heteroatoms. The quantitative estimate of drug-likeness (QED) is 0.495. The summed E-state index contributed by atoms with van der Waals surface area (Å²) in [7, 11) is 0. The minimum Gasteiger partial charge on any atom is -0.322 e. The van der Waals surface area contributed by atoms with Gasteiger partial charge in [0.25, 0.3) is 5.91 Å². The van der Waals surface area contributed by atoms with E-state index in [4.69, 9.17) is 0 Å². The molecule has 2 N–H and O–H groups in total. The smallest absolute Gasteiger partial charge is 0.258 e. The molecule has 4 rings (SSSR count). The lowest BCUT2D eigenvalue weighted by molar-refractivity contribution is 0.102. The summed E-state index contributed by atoms with van der Waals surface area (Å²) in [5.41, 5.74) is 2.44. The molecule has 2 aromatic carbocycles. The van der Waals surface area contributed by atoms with Crippen molar-refractivity contribution in [3.8, 4) is 0 Å². The second kappa shape index (κ2) is 8.51. The highest BCUT2D eigenvalue weighted by atomic mass is 16.2. The number of nitrogens with one attached hydrogen (secondary N) is 2. The third-order valence-electron chi connectivity index (χ3n) is 5.41. The van der Waals surface area contributed by atoms with E-state index in [-0.39, 0.29) is 11.5 Å². The molecule has 0 spiro atoms. The fraction of sp³-hybridized carbons (Fsp3) is 0.261. The van der Waals surface area contributed by atoms with Crippen LogP contribution in [0.5, 0.6) is 0 Å². The Morgan fingerprint density at radius 1 is 1.10 bits per heavy atom. The van der Waals surface area contributed by atoms with Gasteiger partial charge in [0, 0.05) is 30.1 Å². The zero-order chi connectivity index (χ0) is 21.1. The first-order valence-corrected chi connectivity index (χ1v) is 10.2. The molecule has 0 atom stereocenters. The average Bonchev–Trinajstić information content (AvgIpc) is 3.10. The lowest BCUT2D eigenvalue weighted by atomic mass is 10.1. The van der Waals surface area contributed by atoms with Gasteiger partial charge in [0.1, 0.15) is 0 Å². The summed E-state index contributed by atoms with van der Waals surface area (Å²) in [4.78, 5) is 34.9. The lowest BCUT2D eigenvalue weighted by Crippen LogP contribution is -2.28. The number of rotatable bonds is 7. The van der Waals surface area contributed by atoms with Gasteiger partial charge >= 0.3 is 0 Å². The van der Waals surface area contributed by atoms with Gasteiger partial charge in [-0.3, -0.25) is 14.9 Å². The normalized spacial score (nSPS) is 11.4. The second-order valence-corrected chi connectivity index (χ2v) is 7.15. The van der Waals surface area contributed by atoms with Gasteiger partial charge < -0.3 is 14.5 Å². The molecule has 0 saturated carbocycles. The van der Waals surface area contributed by atoms with Gasteiger partial charge in [-0.05, 0) is 31.3 Å². The van der Waals surface area contributed by atoms with Gasteiger partial charge in [-0.15, -0.1) is 0 Å². The summed E-state index contributed by atoms with van der Waals surface area (Å²) in [6.45, 7) is 7.75. The molecule has 30 heavy (non-hydrogen) atoms. The molecule has 1 amide bonds. The van der Waals surface area contributed by atoms with Crippen molar-refractivity contribution >= 4 is 33.8 Å². The molecule has 0 aliphatic heterocycles. The van der Waals surface area contributed by atoms with E-state index in [1.807, 2.05) is 47.0 Å². The fourth-order valence-electron chi connectivity index (χ4n) is 3.74. The van der Waals surface area contributed by atoms with Crippen LogP contribution in [0.15, 0.2) is 59.4 Å². The number of benzene rings is 2. The number of amides is 1. The van der Waals surface area contributed by atoms with Gasteiger partial charge in [-0.2, -0.15) is 0 Å². The number of para-hydroxylation sites is 3. The molecule has 0 unspecified atom stereocenters. The van der Waals surface area contributed by atoms with E-state index in [1.54, 1.807) is 6.07 Å². The Morgan fingerprint density at radius 2 is 1.83 bits per heavy atom. The van der Waals surface area contributed by atoms with E-state index in [9.17, 15) is 9.59 Å². The molecule has 154 valence electrons. The number of hydrogen-bond donors (Lipinski definition) is 2. The van der Waals surface area contributed by atoms with Crippen LogP contribution in [0.2, 0.25) is 0 Å². The maximum Gasteiger partial charge on any atom is 0.258 e. The maximum atomic E-state index is 13.1. The molecule has 0 bridgehead atoms. The van der Waals surface area contributed by atoms with Gasteiger partial charge in [-0.25, -0.2) is 4.98 Å². The first kappa shape index (κ1) is 19.8. The number of imidazole rings is 1. The van der Waals surface area contributed by atoms with Crippen LogP contribution in [0.4, 0.5) is 5.95 Å². The van der Waals surface area contributed by atoms with E-state index in [2.05, 4.69) is 34.0 Å². The van der Waals surface area contributed by atoms with E-state index in [0.29, 0.717) is 29.0 Å². The first-order chi connectivity index (χ1) is 14.6. The number of H-pyrrole nitrogens is 1. The SMILES string of the molecule is CCN(CC)CCn1c(NC(=O)c2cc(=O)[nH]c3ccccc23)nc2ccccc21. The predicted molar refractivity (Wildman–Crippen MR) is 120 cm³/mol. The molecule has 7 nitrogen and oxygen atoms in total. The van der Waals surface area contributed by atoms with Crippen LogP contribution >= 0.6 is 0 Å². The average molecular weight is 403 g/mol. The topological polar surface area (TPSA) is 83.0 Å². The number of likely N-dealkylation sites (N-methyl/N-ethyl adjacent to an activating group) is 1. The van der Waals surface area contributed by atoms with Crippen LogP contribution in [0.25, 0.3) is 21.9 Å². The summed E-state index contributed by atoms with van der Waals surface area (Å²) < 4.78 is 2.03. The largest absolute Gasteiger partial charge is 0.322 e. The van der Waals surface area contributed by atoms with Gasteiger partial charge in [0.15, 0.2) is 0 Å². The number of pyridine rings is 1. The van der Waals surface area contributed by atoms with Gasteiger partial charge in [-0.1, -0.05) is 44.2 Å². The number of aromatic amines is 1. The number of carbonyl (C=O) groups is 1. The maximum absolute atomic E-state index is 13.1. The third kappa shape index (κ3) is 3.84. The van der Waals surface area contributed by atoms with Crippen molar-refractivity contribution in [2.75, 3.05) is 25.0 Å². The van der Waals surface area contributed by atoms with E-state index in [0.717, 1.165) is 30.7 Å². The lowest BCUT2D eigenvalue weighted by Gasteiger charge is -2.19. The Labute approximate surface area is 174 Å². The highest BCUT2D eigenvalue weighted by Gasteiger charge is 2.17. The van der Waals surface area contributed by atoms with Crippen molar-refractivity contribution in [3.63, 3.8) is 0 Å². The molecule has 2 aromatic heterocycles. The van der Waals surface area contributed by atoms with Crippen molar-refractivity contribution in [2.24, 2.45) is 0 Å². The Balaban J connectivity index is 1.71. The Morgan fingerprint density at radius 3 is 2.63 bits per heavy atom. The van der Waals surface area contributed by atoms with Crippen molar-refractivity contribution in [1.82, 2.24) is 19.4 Å². The van der Waals surface area contributed by atoms with Crippen molar-refractivity contribution in [3.05, 3.63) is 70.5 Å². The van der Waals surface area contributed by atoms with E-state index < -0.39 is 0 Å². The second-order valence-electron chi connectivity index (χ2n) is 7.15. The van der Waals surface area contributed by atoms with Crippen molar-refractivity contribution in [1.29, 1.82) is 0 Å². The third-order valence-corrected chi connectivity index (χ3v) is 5.41. The molecule has 0 radical (unpaired) electrons. The van der Waals surface area contributed by atoms with E-state index >= 15 is 0 Å². The van der Waals surface area contributed by atoms with Crippen molar-refractivity contribution in [2.45, 2.75) is 20.4 Å². The standard InChI is InChI=1S/C23H25N5O2/c1-3-27(4-2)13-14-28-20-12-8-7-11-19(20)25-23(28)26-22(30)17-15-21(29)24-18-10-6-5-9-16(17)18/h5-12,15H,3-4,13-14H2,1-2H3,(H,24,29)(H,25,26,30). The van der Waals surface area contributed by atoms with Crippen LogP contribution in [-0.2, 0) is 6.54 Å².